The molecule has 0 aliphatic carbocycles. The van der Waals surface area contributed by atoms with E-state index in [1.807, 2.05) is 38.1 Å². The number of carbonyl (C=O) groups is 1. The fraction of sp³-hybridized carbons (Fsp3) is 0.231. The van der Waals surface area contributed by atoms with Gasteiger partial charge >= 0.3 is 0 Å². The van der Waals surface area contributed by atoms with E-state index in [1.165, 1.54) is 16.9 Å². The van der Waals surface area contributed by atoms with Crippen molar-refractivity contribution in [3.8, 4) is 0 Å². The van der Waals surface area contributed by atoms with Gasteiger partial charge in [0.2, 0.25) is 0 Å². The molecule has 18 heavy (non-hydrogen) atoms. The molecule has 0 saturated carbocycles. The molecule has 1 aromatic carbocycles. The molecule has 0 fully saturated rings. The van der Waals surface area contributed by atoms with Crippen molar-refractivity contribution in [2.75, 3.05) is 12.4 Å². The Morgan fingerprint density at radius 2 is 1.89 bits per heavy atom. The molecule has 0 spiro atoms. The molecule has 0 saturated heterocycles. The second kappa shape index (κ2) is 5.18. The summed E-state index contributed by atoms with van der Waals surface area (Å²) in [6.07, 6.45) is 0. The fourth-order valence-electron chi connectivity index (χ4n) is 1.53. The van der Waals surface area contributed by atoms with Crippen LogP contribution in [0.3, 0.4) is 0 Å². The van der Waals surface area contributed by atoms with Crippen LogP contribution in [0.4, 0.5) is 10.8 Å². The van der Waals surface area contributed by atoms with Crippen LogP contribution in [-0.4, -0.2) is 17.9 Å². The van der Waals surface area contributed by atoms with Crippen LogP contribution in [0, 0.1) is 13.8 Å². The highest BCUT2D eigenvalue weighted by Gasteiger charge is 2.13. The second-order valence-corrected chi connectivity index (χ2v) is 5.00. The molecule has 1 aromatic heterocycles. The van der Waals surface area contributed by atoms with Gasteiger partial charge in [0.05, 0.1) is 5.69 Å². The lowest BCUT2D eigenvalue weighted by molar-refractivity contribution is 0.0966. The third-order valence-electron chi connectivity index (χ3n) is 2.53. The number of nitrogens with one attached hydrogen (secondary N) is 2. The van der Waals surface area contributed by atoms with E-state index < -0.39 is 0 Å². The quantitative estimate of drug-likeness (QED) is 0.893. The van der Waals surface area contributed by atoms with Gasteiger partial charge in [-0.05, 0) is 26.0 Å². The topological polar surface area (TPSA) is 54.0 Å². The van der Waals surface area contributed by atoms with Crippen LogP contribution >= 0.6 is 11.3 Å². The minimum Gasteiger partial charge on any atom is -0.354 e. The van der Waals surface area contributed by atoms with Crippen molar-refractivity contribution in [2.24, 2.45) is 0 Å². The van der Waals surface area contributed by atoms with Gasteiger partial charge < -0.3 is 10.6 Å². The highest BCUT2D eigenvalue weighted by molar-refractivity contribution is 7.17. The molecule has 1 heterocycles. The molecule has 2 N–H and O–H groups in total. The summed E-state index contributed by atoms with van der Waals surface area (Å²) in [5, 5.41) is 6.54. The van der Waals surface area contributed by atoms with Gasteiger partial charge in [-0.2, -0.15) is 0 Å². The van der Waals surface area contributed by atoms with E-state index in [1.54, 1.807) is 7.05 Å². The number of aromatic nitrogens is 1. The summed E-state index contributed by atoms with van der Waals surface area (Å²) in [7, 11) is 1.62. The van der Waals surface area contributed by atoms with Crippen molar-refractivity contribution < 1.29 is 4.79 Å². The number of benzene rings is 1. The highest BCUT2D eigenvalue weighted by Crippen LogP contribution is 2.25. The first kappa shape index (κ1) is 12.6. The third-order valence-corrected chi connectivity index (χ3v) is 3.60. The SMILES string of the molecule is CNC(=O)c1sc(Nc2ccc(C)cc2)nc1C. The summed E-state index contributed by atoms with van der Waals surface area (Å²) in [5.74, 6) is -0.0954. The molecule has 0 radical (unpaired) electrons. The van der Waals surface area contributed by atoms with Gasteiger partial charge in [0, 0.05) is 12.7 Å². The minimum atomic E-state index is -0.0954. The summed E-state index contributed by atoms with van der Waals surface area (Å²) in [4.78, 5) is 16.6. The predicted molar refractivity (Wildman–Crippen MR) is 74.7 cm³/mol. The molecule has 0 aliphatic heterocycles. The number of carbonyl (C=O) groups excluding carboxylic acids is 1. The maximum Gasteiger partial charge on any atom is 0.263 e. The zero-order valence-corrected chi connectivity index (χ0v) is 11.4. The first-order valence-corrected chi connectivity index (χ1v) is 6.45. The summed E-state index contributed by atoms with van der Waals surface area (Å²) in [5.41, 5.74) is 2.92. The van der Waals surface area contributed by atoms with E-state index in [-0.39, 0.29) is 5.91 Å². The molecule has 1 amide bonds. The number of nitrogens with zero attached hydrogens (tertiary/aromatic N) is 1. The van der Waals surface area contributed by atoms with E-state index in [2.05, 4.69) is 15.6 Å². The zero-order chi connectivity index (χ0) is 13.1. The number of aryl methyl sites for hydroxylation is 2. The number of anilines is 2. The summed E-state index contributed by atoms with van der Waals surface area (Å²) in [6, 6.07) is 8.04. The molecule has 0 atom stereocenters. The molecular weight excluding hydrogens is 246 g/mol. The van der Waals surface area contributed by atoms with Gasteiger partial charge in [-0.15, -0.1) is 0 Å². The molecule has 0 unspecified atom stereocenters. The van der Waals surface area contributed by atoms with E-state index in [0.717, 1.165) is 16.5 Å². The van der Waals surface area contributed by atoms with E-state index in [9.17, 15) is 4.79 Å². The van der Waals surface area contributed by atoms with E-state index >= 15 is 0 Å². The van der Waals surface area contributed by atoms with Crippen LogP contribution < -0.4 is 10.6 Å². The molecule has 0 bridgehead atoms. The van der Waals surface area contributed by atoms with Crippen LogP contribution in [0.15, 0.2) is 24.3 Å². The Morgan fingerprint density at radius 1 is 1.22 bits per heavy atom. The van der Waals surface area contributed by atoms with Crippen molar-refractivity contribution >= 4 is 28.1 Å². The highest BCUT2D eigenvalue weighted by atomic mass is 32.1. The van der Waals surface area contributed by atoms with Crippen LogP contribution in [-0.2, 0) is 0 Å². The predicted octanol–water partition coefficient (Wildman–Crippen LogP) is 2.86. The molecule has 2 aromatic rings. The van der Waals surface area contributed by atoms with Gasteiger partial charge in [-0.1, -0.05) is 29.0 Å². The minimum absolute atomic E-state index is 0.0954. The van der Waals surface area contributed by atoms with Crippen molar-refractivity contribution in [1.82, 2.24) is 10.3 Å². The number of hydrogen-bond acceptors (Lipinski definition) is 4. The molecule has 0 aliphatic rings. The Morgan fingerprint density at radius 3 is 2.50 bits per heavy atom. The van der Waals surface area contributed by atoms with Crippen molar-refractivity contribution in [1.29, 1.82) is 0 Å². The lowest BCUT2D eigenvalue weighted by Gasteiger charge is -2.02. The average Bonchev–Trinajstić information content (AvgIpc) is 2.72. The molecule has 94 valence electrons. The second-order valence-electron chi connectivity index (χ2n) is 4.00. The van der Waals surface area contributed by atoms with E-state index in [0.29, 0.717) is 4.88 Å². The Balaban J connectivity index is 2.20. The van der Waals surface area contributed by atoms with Crippen LogP contribution in [0.25, 0.3) is 0 Å². The summed E-state index contributed by atoms with van der Waals surface area (Å²) >= 11 is 1.36. The molecule has 2 rings (SSSR count). The average molecular weight is 261 g/mol. The number of amides is 1. The third kappa shape index (κ3) is 2.68. The van der Waals surface area contributed by atoms with E-state index in [4.69, 9.17) is 0 Å². The first-order valence-electron chi connectivity index (χ1n) is 5.63. The normalized spacial score (nSPS) is 10.2. The lowest BCUT2D eigenvalue weighted by atomic mass is 10.2. The lowest BCUT2D eigenvalue weighted by Crippen LogP contribution is -2.17. The van der Waals surface area contributed by atoms with Gasteiger partial charge in [0.15, 0.2) is 5.13 Å². The number of hydrogen-bond donors (Lipinski definition) is 2. The zero-order valence-electron chi connectivity index (χ0n) is 10.6. The monoisotopic (exact) mass is 261 g/mol. The number of thiazole rings is 1. The maximum atomic E-state index is 11.6. The van der Waals surface area contributed by atoms with Crippen molar-refractivity contribution in [3.05, 3.63) is 40.4 Å². The Kier molecular flexibility index (Phi) is 3.62. The van der Waals surface area contributed by atoms with Gasteiger partial charge in [0.1, 0.15) is 4.88 Å². The first-order chi connectivity index (χ1) is 8.60. The van der Waals surface area contributed by atoms with Gasteiger partial charge in [-0.25, -0.2) is 4.98 Å². The molecule has 5 heteroatoms. The largest absolute Gasteiger partial charge is 0.354 e. The summed E-state index contributed by atoms with van der Waals surface area (Å²) in [6.45, 7) is 3.88. The molecular formula is C13H15N3OS. The van der Waals surface area contributed by atoms with Gasteiger partial charge in [-0.3, -0.25) is 4.79 Å². The number of rotatable bonds is 3. The summed E-state index contributed by atoms with van der Waals surface area (Å²) < 4.78 is 0. The van der Waals surface area contributed by atoms with Gasteiger partial charge in [0.25, 0.3) is 5.91 Å². The Hall–Kier alpha value is -1.88. The maximum absolute atomic E-state index is 11.6. The van der Waals surface area contributed by atoms with Crippen LogP contribution in [0.2, 0.25) is 0 Å². The molecule has 4 nitrogen and oxygen atoms in total. The smallest absolute Gasteiger partial charge is 0.263 e. The van der Waals surface area contributed by atoms with Crippen LogP contribution in [0.1, 0.15) is 20.9 Å². The fourth-order valence-corrected chi connectivity index (χ4v) is 2.47. The van der Waals surface area contributed by atoms with Crippen molar-refractivity contribution in [2.45, 2.75) is 13.8 Å². The van der Waals surface area contributed by atoms with Crippen molar-refractivity contribution in [3.63, 3.8) is 0 Å². The van der Waals surface area contributed by atoms with Crippen LogP contribution in [0.5, 0.6) is 0 Å². The standard InChI is InChI=1S/C13H15N3OS/c1-8-4-6-10(7-5-8)16-13-15-9(2)11(18-13)12(17)14-3/h4-7H,1-3H3,(H,14,17)(H,15,16). The Labute approximate surface area is 110 Å². The Bertz CT molecular complexity index is 560.